The van der Waals surface area contributed by atoms with Gasteiger partial charge in [0.05, 0.1) is 0 Å². The Morgan fingerprint density at radius 1 is 1.10 bits per heavy atom. The van der Waals surface area contributed by atoms with Crippen LogP contribution in [-0.4, -0.2) is 49.1 Å². The third kappa shape index (κ3) is 3.01. The average molecular weight is 268 g/mol. The van der Waals surface area contributed by atoms with Crippen molar-refractivity contribution in [3.8, 4) is 0 Å². The predicted molar refractivity (Wildman–Crippen MR) is 78.4 cm³/mol. The SMILES string of the molecule is [B]c1ccc(CN2CCN(c3nnc(C)o3)CC2)cc1. The standard InChI is InChI=1S/C14H17BN4O/c1-11-16-17-14(20-11)19-8-6-18(7-9-19)10-12-2-4-13(15)5-3-12/h2-5H,6-10H2,1H3. The predicted octanol–water partition coefficient (Wildman–Crippen LogP) is 0.494. The molecule has 2 heterocycles. The van der Waals surface area contributed by atoms with Crippen LogP contribution >= 0.6 is 0 Å². The fourth-order valence-corrected chi connectivity index (χ4v) is 2.39. The zero-order valence-electron chi connectivity index (χ0n) is 11.6. The highest BCUT2D eigenvalue weighted by Gasteiger charge is 2.20. The Morgan fingerprint density at radius 2 is 1.80 bits per heavy atom. The molecule has 1 aliphatic rings. The van der Waals surface area contributed by atoms with Crippen LogP contribution in [0, 0.1) is 6.92 Å². The number of rotatable bonds is 3. The maximum Gasteiger partial charge on any atom is 0.318 e. The normalized spacial score (nSPS) is 16.6. The first-order chi connectivity index (χ1) is 9.70. The summed E-state index contributed by atoms with van der Waals surface area (Å²) < 4.78 is 5.46. The Kier molecular flexibility index (Phi) is 3.73. The molecule has 0 aliphatic carbocycles. The van der Waals surface area contributed by atoms with E-state index in [0.29, 0.717) is 11.9 Å². The topological polar surface area (TPSA) is 45.4 Å². The molecule has 102 valence electrons. The van der Waals surface area contributed by atoms with Crippen LogP contribution < -0.4 is 10.4 Å². The molecule has 0 spiro atoms. The maximum absolute atomic E-state index is 5.70. The first-order valence-corrected chi connectivity index (χ1v) is 6.82. The molecule has 1 aromatic heterocycles. The van der Waals surface area contributed by atoms with Gasteiger partial charge in [0.25, 0.3) is 0 Å². The van der Waals surface area contributed by atoms with Crippen LogP contribution in [-0.2, 0) is 6.54 Å². The zero-order chi connectivity index (χ0) is 13.9. The molecule has 0 atom stereocenters. The molecule has 0 unspecified atom stereocenters. The van der Waals surface area contributed by atoms with Gasteiger partial charge in [-0.05, 0) is 5.56 Å². The van der Waals surface area contributed by atoms with Gasteiger partial charge in [-0.15, -0.1) is 5.10 Å². The van der Waals surface area contributed by atoms with E-state index >= 15 is 0 Å². The van der Waals surface area contributed by atoms with Gasteiger partial charge in [0, 0.05) is 39.6 Å². The molecule has 1 aliphatic heterocycles. The van der Waals surface area contributed by atoms with Gasteiger partial charge in [-0.3, -0.25) is 4.90 Å². The van der Waals surface area contributed by atoms with E-state index in [1.807, 2.05) is 19.1 Å². The van der Waals surface area contributed by atoms with Gasteiger partial charge < -0.3 is 9.32 Å². The minimum absolute atomic E-state index is 0.615. The number of piperazine rings is 1. The van der Waals surface area contributed by atoms with E-state index in [1.165, 1.54) is 5.56 Å². The monoisotopic (exact) mass is 268 g/mol. The molecule has 0 bridgehead atoms. The highest BCUT2D eigenvalue weighted by Crippen LogP contribution is 2.15. The van der Waals surface area contributed by atoms with E-state index in [2.05, 4.69) is 32.1 Å². The Hall–Kier alpha value is -1.82. The van der Waals surface area contributed by atoms with Crippen molar-refractivity contribution in [2.75, 3.05) is 31.1 Å². The second kappa shape index (κ2) is 5.67. The summed E-state index contributed by atoms with van der Waals surface area (Å²) in [5.74, 6) is 0.615. The number of nitrogens with zero attached hydrogens (tertiary/aromatic N) is 4. The van der Waals surface area contributed by atoms with Crippen molar-refractivity contribution >= 4 is 19.3 Å². The lowest BCUT2D eigenvalue weighted by Crippen LogP contribution is -2.46. The summed E-state index contributed by atoms with van der Waals surface area (Å²) in [6.45, 7) is 6.58. The van der Waals surface area contributed by atoms with Gasteiger partial charge in [0.2, 0.25) is 5.89 Å². The van der Waals surface area contributed by atoms with E-state index in [1.54, 1.807) is 0 Å². The van der Waals surface area contributed by atoms with E-state index in [4.69, 9.17) is 12.3 Å². The van der Waals surface area contributed by atoms with Crippen LogP contribution in [0.4, 0.5) is 6.01 Å². The van der Waals surface area contributed by atoms with Crippen LogP contribution in [0.15, 0.2) is 28.7 Å². The molecule has 1 aromatic carbocycles. The van der Waals surface area contributed by atoms with Crippen LogP contribution in [0.1, 0.15) is 11.5 Å². The van der Waals surface area contributed by atoms with Crippen LogP contribution in [0.5, 0.6) is 0 Å². The van der Waals surface area contributed by atoms with Crippen molar-refractivity contribution < 1.29 is 4.42 Å². The van der Waals surface area contributed by atoms with Crippen molar-refractivity contribution in [1.82, 2.24) is 15.1 Å². The number of aryl methyl sites for hydroxylation is 1. The van der Waals surface area contributed by atoms with Gasteiger partial charge in [0.15, 0.2) is 0 Å². The summed E-state index contributed by atoms with van der Waals surface area (Å²) in [5.41, 5.74) is 2.10. The zero-order valence-corrected chi connectivity index (χ0v) is 11.6. The van der Waals surface area contributed by atoms with Crippen molar-refractivity contribution in [3.05, 3.63) is 35.7 Å². The lowest BCUT2D eigenvalue weighted by atomic mass is 9.95. The Bertz CT molecular complexity index is 561. The highest BCUT2D eigenvalue weighted by molar-refractivity contribution is 6.32. The largest absolute Gasteiger partial charge is 0.408 e. The number of aromatic nitrogens is 2. The molecule has 2 aromatic rings. The second-order valence-corrected chi connectivity index (χ2v) is 5.11. The summed E-state index contributed by atoms with van der Waals surface area (Å²) in [6, 6.07) is 8.71. The fraction of sp³-hybridized carbons (Fsp3) is 0.429. The molecule has 2 radical (unpaired) electrons. The third-order valence-corrected chi connectivity index (χ3v) is 3.54. The minimum Gasteiger partial charge on any atom is -0.408 e. The lowest BCUT2D eigenvalue weighted by molar-refractivity contribution is 0.245. The molecule has 5 nitrogen and oxygen atoms in total. The van der Waals surface area contributed by atoms with Crippen molar-refractivity contribution in [1.29, 1.82) is 0 Å². The molecule has 1 fully saturated rings. The van der Waals surface area contributed by atoms with Gasteiger partial charge in [-0.1, -0.05) is 34.8 Å². The first kappa shape index (κ1) is 13.2. The lowest BCUT2D eigenvalue weighted by Gasteiger charge is -2.33. The Balaban J connectivity index is 1.54. The van der Waals surface area contributed by atoms with Crippen molar-refractivity contribution in [3.63, 3.8) is 0 Å². The fourth-order valence-electron chi connectivity index (χ4n) is 2.39. The third-order valence-electron chi connectivity index (χ3n) is 3.54. The number of hydrogen-bond acceptors (Lipinski definition) is 5. The molecule has 0 saturated carbocycles. The van der Waals surface area contributed by atoms with Crippen LogP contribution in [0.25, 0.3) is 0 Å². The smallest absolute Gasteiger partial charge is 0.318 e. The van der Waals surface area contributed by atoms with Gasteiger partial charge in [-0.25, -0.2) is 0 Å². The van der Waals surface area contributed by atoms with Gasteiger partial charge >= 0.3 is 6.01 Å². The van der Waals surface area contributed by atoms with E-state index in [9.17, 15) is 0 Å². The summed E-state index contributed by atoms with van der Waals surface area (Å²) in [5, 5.41) is 7.94. The van der Waals surface area contributed by atoms with Crippen molar-refractivity contribution in [2.45, 2.75) is 13.5 Å². The summed E-state index contributed by atoms with van der Waals surface area (Å²) >= 11 is 0. The Morgan fingerprint density at radius 3 is 2.40 bits per heavy atom. The second-order valence-electron chi connectivity index (χ2n) is 5.11. The number of hydrogen-bond donors (Lipinski definition) is 0. The average Bonchev–Trinajstić information content (AvgIpc) is 2.89. The number of anilines is 1. The van der Waals surface area contributed by atoms with E-state index in [0.717, 1.165) is 38.2 Å². The molecular weight excluding hydrogens is 251 g/mol. The van der Waals surface area contributed by atoms with Crippen LogP contribution in [0.3, 0.4) is 0 Å². The molecule has 20 heavy (non-hydrogen) atoms. The molecule has 1 saturated heterocycles. The molecular formula is C14H17BN4O. The first-order valence-electron chi connectivity index (χ1n) is 6.82. The van der Waals surface area contributed by atoms with Crippen molar-refractivity contribution in [2.24, 2.45) is 0 Å². The maximum atomic E-state index is 5.70. The summed E-state index contributed by atoms with van der Waals surface area (Å²) in [4.78, 5) is 4.56. The summed E-state index contributed by atoms with van der Waals surface area (Å²) in [7, 11) is 5.70. The summed E-state index contributed by atoms with van der Waals surface area (Å²) in [6.07, 6.45) is 0. The minimum atomic E-state index is 0.615. The quantitative estimate of drug-likeness (QED) is 0.758. The van der Waals surface area contributed by atoms with E-state index < -0.39 is 0 Å². The van der Waals surface area contributed by atoms with E-state index in [-0.39, 0.29) is 0 Å². The highest BCUT2D eigenvalue weighted by atomic mass is 16.4. The number of benzene rings is 1. The molecule has 3 rings (SSSR count). The Labute approximate surface area is 120 Å². The van der Waals surface area contributed by atoms with Gasteiger partial charge in [0.1, 0.15) is 7.85 Å². The molecule has 6 heteroatoms. The van der Waals surface area contributed by atoms with Crippen LogP contribution in [0.2, 0.25) is 0 Å². The van der Waals surface area contributed by atoms with Gasteiger partial charge in [-0.2, -0.15) is 0 Å². The molecule has 0 amide bonds. The molecule has 0 N–H and O–H groups in total.